The van der Waals surface area contributed by atoms with Gasteiger partial charge in [0.25, 0.3) is 5.91 Å². The zero-order chi connectivity index (χ0) is 16.1. The highest BCUT2D eigenvalue weighted by molar-refractivity contribution is 6.30. The first-order valence-corrected chi connectivity index (χ1v) is 7.95. The molecule has 4 nitrogen and oxygen atoms in total. The largest absolute Gasteiger partial charge is 0.348 e. The zero-order valence-electron chi connectivity index (χ0n) is 12.6. The molecule has 1 aliphatic heterocycles. The van der Waals surface area contributed by atoms with Gasteiger partial charge >= 0.3 is 0 Å². The minimum atomic E-state index is -0.425. The maximum atomic E-state index is 12.2. The predicted molar refractivity (Wildman–Crippen MR) is 88.4 cm³/mol. The molecule has 1 amide bonds. The number of hydrogen-bond donors (Lipinski definition) is 1. The minimum absolute atomic E-state index is 0.0694. The number of carbonyl (C=O) groups excluding carboxylic acids is 1. The number of hydrogen-bond acceptors (Lipinski definition) is 3. The summed E-state index contributed by atoms with van der Waals surface area (Å²) in [6.07, 6.45) is 0.286. The first kappa shape index (κ1) is 16.0. The van der Waals surface area contributed by atoms with Crippen LogP contribution in [0.3, 0.4) is 0 Å². The van der Waals surface area contributed by atoms with Gasteiger partial charge in [0.2, 0.25) is 0 Å². The predicted octanol–water partition coefficient (Wildman–Crippen LogP) is 3.57. The molecular weight excluding hydrogens is 314 g/mol. The highest BCUT2D eigenvalue weighted by Crippen LogP contribution is 2.24. The van der Waals surface area contributed by atoms with E-state index in [-0.39, 0.29) is 11.9 Å². The van der Waals surface area contributed by atoms with E-state index in [1.165, 1.54) is 0 Å². The second kappa shape index (κ2) is 7.59. The van der Waals surface area contributed by atoms with E-state index in [4.69, 9.17) is 21.1 Å². The molecule has 2 aromatic rings. The Balaban J connectivity index is 1.58. The number of ether oxygens (including phenoxy) is 2. The van der Waals surface area contributed by atoms with Crippen LogP contribution in [-0.2, 0) is 9.47 Å². The SMILES string of the molecule is O=C(N[C@H]1CCO[C@H](c2ccc(Cl)cc2)OC1)c1ccccc1. The second-order valence-electron chi connectivity index (χ2n) is 5.41. The molecule has 2 atom stereocenters. The van der Waals surface area contributed by atoms with Crippen molar-refractivity contribution in [2.75, 3.05) is 13.2 Å². The topological polar surface area (TPSA) is 47.6 Å². The monoisotopic (exact) mass is 331 g/mol. The van der Waals surface area contributed by atoms with Crippen molar-refractivity contribution in [2.45, 2.75) is 18.8 Å². The molecular formula is C18H18ClNO3. The molecule has 5 heteroatoms. The smallest absolute Gasteiger partial charge is 0.251 e. The van der Waals surface area contributed by atoms with Crippen molar-refractivity contribution in [1.82, 2.24) is 5.32 Å². The Labute approximate surface area is 140 Å². The van der Waals surface area contributed by atoms with Gasteiger partial charge in [0.15, 0.2) is 6.29 Å². The molecule has 1 aliphatic rings. The van der Waals surface area contributed by atoms with Crippen molar-refractivity contribution in [3.63, 3.8) is 0 Å². The maximum Gasteiger partial charge on any atom is 0.251 e. The molecule has 0 bridgehead atoms. The number of halogens is 1. The third-order valence-corrected chi connectivity index (χ3v) is 3.95. The van der Waals surface area contributed by atoms with E-state index in [2.05, 4.69) is 5.32 Å². The average Bonchev–Trinajstić information content (AvgIpc) is 2.82. The molecule has 1 N–H and O–H groups in total. The van der Waals surface area contributed by atoms with Crippen molar-refractivity contribution < 1.29 is 14.3 Å². The third kappa shape index (κ3) is 4.32. The van der Waals surface area contributed by atoms with Crippen molar-refractivity contribution in [3.05, 3.63) is 70.7 Å². The molecule has 1 fully saturated rings. The Bertz CT molecular complexity index is 645. The molecule has 0 aliphatic carbocycles. The van der Waals surface area contributed by atoms with Gasteiger partial charge in [-0.25, -0.2) is 0 Å². The first-order chi connectivity index (χ1) is 11.2. The van der Waals surface area contributed by atoms with Crippen molar-refractivity contribution in [3.8, 4) is 0 Å². The fraction of sp³-hybridized carbons (Fsp3) is 0.278. The Morgan fingerprint density at radius 3 is 2.52 bits per heavy atom. The number of nitrogens with one attached hydrogen (secondary N) is 1. The van der Waals surface area contributed by atoms with Crippen LogP contribution in [0.1, 0.15) is 28.6 Å². The van der Waals surface area contributed by atoms with Crippen LogP contribution in [0, 0.1) is 0 Å². The van der Waals surface area contributed by atoms with E-state index in [9.17, 15) is 4.79 Å². The van der Waals surface area contributed by atoms with Crippen LogP contribution < -0.4 is 5.32 Å². The number of rotatable bonds is 3. The van der Waals surface area contributed by atoms with Crippen LogP contribution in [0.15, 0.2) is 54.6 Å². The first-order valence-electron chi connectivity index (χ1n) is 7.57. The van der Waals surface area contributed by atoms with E-state index in [0.29, 0.717) is 30.2 Å². The standard InChI is InChI=1S/C18H18ClNO3/c19-15-8-6-14(7-9-15)18-22-11-10-16(12-23-18)20-17(21)13-4-2-1-3-5-13/h1-9,16,18H,10-12H2,(H,20,21)/t16-,18-/m0/s1. The van der Waals surface area contributed by atoms with Crippen LogP contribution >= 0.6 is 11.6 Å². The summed E-state index contributed by atoms with van der Waals surface area (Å²) in [5.74, 6) is -0.0934. The van der Waals surface area contributed by atoms with Gasteiger partial charge in [-0.05, 0) is 30.7 Å². The molecule has 0 unspecified atom stereocenters. The second-order valence-corrected chi connectivity index (χ2v) is 5.85. The van der Waals surface area contributed by atoms with Crippen LogP contribution in [0.4, 0.5) is 0 Å². The summed E-state index contributed by atoms with van der Waals surface area (Å²) in [4.78, 5) is 12.2. The maximum absolute atomic E-state index is 12.2. The van der Waals surface area contributed by atoms with Crippen LogP contribution in [0.25, 0.3) is 0 Å². The van der Waals surface area contributed by atoms with Crippen LogP contribution in [0.5, 0.6) is 0 Å². The van der Waals surface area contributed by atoms with E-state index < -0.39 is 6.29 Å². The van der Waals surface area contributed by atoms with Gasteiger partial charge in [-0.2, -0.15) is 0 Å². The quantitative estimate of drug-likeness (QED) is 0.935. The number of carbonyl (C=O) groups is 1. The molecule has 120 valence electrons. The molecule has 1 saturated heterocycles. The highest BCUT2D eigenvalue weighted by Gasteiger charge is 2.22. The normalized spacial score (nSPS) is 21.4. The summed E-state index contributed by atoms with van der Waals surface area (Å²) in [6, 6.07) is 16.5. The van der Waals surface area contributed by atoms with E-state index in [1.807, 2.05) is 42.5 Å². The van der Waals surface area contributed by atoms with E-state index in [0.717, 1.165) is 5.56 Å². The molecule has 2 aromatic carbocycles. The van der Waals surface area contributed by atoms with Crippen molar-refractivity contribution in [2.24, 2.45) is 0 Å². The van der Waals surface area contributed by atoms with E-state index >= 15 is 0 Å². The van der Waals surface area contributed by atoms with Gasteiger partial charge in [-0.3, -0.25) is 4.79 Å². The fourth-order valence-corrected chi connectivity index (χ4v) is 2.56. The molecule has 23 heavy (non-hydrogen) atoms. The molecule has 1 heterocycles. The number of amides is 1. The van der Waals surface area contributed by atoms with Gasteiger partial charge in [-0.1, -0.05) is 41.9 Å². The zero-order valence-corrected chi connectivity index (χ0v) is 13.3. The summed E-state index contributed by atoms with van der Waals surface area (Å²) in [5.41, 5.74) is 1.57. The highest BCUT2D eigenvalue weighted by atomic mass is 35.5. The summed E-state index contributed by atoms with van der Waals surface area (Å²) >= 11 is 5.89. The van der Waals surface area contributed by atoms with Gasteiger partial charge in [-0.15, -0.1) is 0 Å². The van der Waals surface area contributed by atoms with Crippen molar-refractivity contribution >= 4 is 17.5 Å². The van der Waals surface area contributed by atoms with Crippen molar-refractivity contribution in [1.29, 1.82) is 0 Å². The molecule has 0 saturated carbocycles. The minimum Gasteiger partial charge on any atom is -0.348 e. The number of benzene rings is 2. The Hall–Kier alpha value is -1.88. The Morgan fingerprint density at radius 1 is 1.04 bits per heavy atom. The average molecular weight is 332 g/mol. The molecule has 3 rings (SSSR count). The molecule has 0 aromatic heterocycles. The molecule has 0 spiro atoms. The summed E-state index contributed by atoms with van der Waals surface area (Å²) in [5, 5.41) is 3.67. The fourth-order valence-electron chi connectivity index (χ4n) is 2.44. The van der Waals surface area contributed by atoms with Gasteiger partial charge < -0.3 is 14.8 Å². The van der Waals surface area contributed by atoms with E-state index in [1.54, 1.807) is 12.1 Å². The summed E-state index contributed by atoms with van der Waals surface area (Å²) in [6.45, 7) is 0.929. The van der Waals surface area contributed by atoms with Gasteiger partial charge in [0, 0.05) is 16.1 Å². The lowest BCUT2D eigenvalue weighted by molar-refractivity contribution is -0.131. The lowest BCUT2D eigenvalue weighted by atomic mass is 10.1. The van der Waals surface area contributed by atoms with Gasteiger partial charge in [0.1, 0.15) is 0 Å². The van der Waals surface area contributed by atoms with Gasteiger partial charge in [0.05, 0.1) is 19.3 Å². The Morgan fingerprint density at radius 2 is 1.78 bits per heavy atom. The Kier molecular flexibility index (Phi) is 5.28. The third-order valence-electron chi connectivity index (χ3n) is 3.70. The summed E-state index contributed by atoms with van der Waals surface area (Å²) < 4.78 is 11.5. The molecule has 0 radical (unpaired) electrons. The summed E-state index contributed by atoms with van der Waals surface area (Å²) in [7, 11) is 0. The van der Waals surface area contributed by atoms with Crippen LogP contribution in [0.2, 0.25) is 5.02 Å². The lowest BCUT2D eigenvalue weighted by Gasteiger charge is -2.17. The van der Waals surface area contributed by atoms with Crippen LogP contribution in [-0.4, -0.2) is 25.2 Å². The lowest BCUT2D eigenvalue weighted by Crippen LogP contribution is -2.38.